The van der Waals surface area contributed by atoms with Gasteiger partial charge in [0.25, 0.3) is 5.91 Å². The molecule has 5 heteroatoms. The monoisotopic (exact) mass is 269 g/mol. The Balaban J connectivity index is 2.86. The van der Waals surface area contributed by atoms with Crippen molar-refractivity contribution in [2.45, 2.75) is 20.8 Å². The third-order valence-corrected chi connectivity index (χ3v) is 2.64. The molecule has 0 aliphatic heterocycles. The van der Waals surface area contributed by atoms with Gasteiger partial charge >= 0.3 is 0 Å². The molecule has 18 heavy (non-hydrogen) atoms. The van der Waals surface area contributed by atoms with E-state index < -0.39 is 11.3 Å². The topological polar surface area (TPSA) is 69.4 Å². The predicted octanol–water partition coefficient (Wildman–Crippen LogP) is 2.43. The van der Waals surface area contributed by atoms with Crippen LogP contribution in [0.2, 0.25) is 5.02 Å². The Labute approximate surface area is 111 Å². The normalized spacial score (nSPS) is 11.1. The molecule has 0 aliphatic rings. The molecule has 0 radical (unpaired) electrons. The van der Waals surface area contributed by atoms with E-state index in [1.807, 2.05) is 0 Å². The molecule has 1 aromatic rings. The first-order valence-electron chi connectivity index (χ1n) is 5.47. The second kappa shape index (κ2) is 5.40. The van der Waals surface area contributed by atoms with Crippen molar-refractivity contribution in [2.75, 3.05) is 6.61 Å². The van der Waals surface area contributed by atoms with Gasteiger partial charge in [-0.15, -0.1) is 0 Å². The highest BCUT2D eigenvalue weighted by Crippen LogP contribution is 2.23. The lowest BCUT2D eigenvalue weighted by atomic mass is 9.91. The Bertz CT molecular complexity index is 478. The first kappa shape index (κ1) is 14.5. The first-order chi connectivity index (χ1) is 8.21. The lowest BCUT2D eigenvalue weighted by molar-refractivity contribution is -0.128. The third kappa shape index (κ3) is 3.74. The Morgan fingerprint density at radius 2 is 1.94 bits per heavy atom. The van der Waals surface area contributed by atoms with Gasteiger partial charge in [-0.25, -0.2) is 0 Å². The number of nitrogens with two attached hydrogens (primary N) is 1. The molecule has 0 bridgehead atoms. The number of ether oxygens (including phenoxy) is 1. The first-order valence-corrected chi connectivity index (χ1v) is 5.85. The van der Waals surface area contributed by atoms with Crippen LogP contribution in [-0.2, 0) is 4.79 Å². The minimum Gasteiger partial charge on any atom is -0.485 e. The summed E-state index contributed by atoms with van der Waals surface area (Å²) in [4.78, 5) is 22.9. The summed E-state index contributed by atoms with van der Waals surface area (Å²) in [7, 11) is 0. The van der Waals surface area contributed by atoms with E-state index in [4.69, 9.17) is 22.1 Å². The SMILES string of the molecule is CC(C)(C)C(=O)COc1ccc(Cl)cc1C(N)=O. The summed E-state index contributed by atoms with van der Waals surface area (Å²) >= 11 is 5.77. The average molecular weight is 270 g/mol. The molecule has 0 saturated heterocycles. The van der Waals surface area contributed by atoms with Crippen LogP contribution in [0.5, 0.6) is 5.75 Å². The molecule has 0 aliphatic carbocycles. The molecule has 0 heterocycles. The summed E-state index contributed by atoms with van der Waals surface area (Å²) in [6, 6.07) is 4.52. The molecule has 0 atom stereocenters. The molecule has 2 N–H and O–H groups in total. The second-order valence-electron chi connectivity index (χ2n) is 4.97. The third-order valence-electron chi connectivity index (χ3n) is 2.40. The van der Waals surface area contributed by atoms with Crippen molar-refractivity contribution in [3.05, 3.63) is 28.8 Å². The van der Waals surface area contributed by atoms with Crippen LogP contribution in [0.15, 0.2) is 18.2 Å². The lowest BCUT2D eigenvalue weighted by Crippen LogP contribution is -2.26. The van der Waals surface area contributed by atoms with Gasteiger partial charge in [-0.3, -0.25) is 9.59 Å². The molecule has 0 unspecified atom stereocenters. The molecule has 0 saturated carbocycles. The summed E-state index contributed by atoms with van der Waals surface area (Å²) in [5, 5.41) is 0.387. The number of ketones is 1. The molecule has 98 valence electrons. The Hall–Kier alpha value is -1.55. The summed E-state index contributed by atoms with van der Waals surface area (Å²) < 4.78 is 5.33. The van der Waals surface area contributed by atoms with Crippen molar-refractivity contribution in [1.29, 1.82) is 0 Å². The number of benzene rings is 1. The zero-order chi connectivity index (χ0) is 13.9. The Kier molecular flexibility index (Phi) is 4.35. The van der Waals surface area contributed by atoms with Crippen molar-refractivity contribution in [3.8, 4) is 5.75 Å². The van der Waals surface area contributed by atoms with Crippen LogP contribution in [0.3, 0.4) is 0 Å². The molecule has 1 rings (SSSR count). The minimum atomic E-state index is -0.643. The molecular weight excluding hydrogens is 254 g/mol. The maximum atomic E-state index is 11.7. The second-order valence-corrected chi connectivity index (χ2v) is 5.40. The maximum Gasteiger partial charge on any atom is 0.252 e. The molecule has 0 fully saturated rings. The van der Waals surface area contributed by atoms with Gasteiger partial charge in [0.15, 0.2) is 5.78 Å². The average Bonchev–Trinajstić information content (AvgIpc) is 2.25. The number of carbonyl (C=O) groups is 2. The van der Waals surface area contributed by atoms with Crippen LogP contribution in [0.1, 0.15) is 31.1 Å². The quantitative estimate of drug-likeness (QED) is 0.913. The van der Waals surface area contributed by atoms with Gasteiger partial charge in [0, 0.05) is 10.4 Å². The summed E-state index contributed by atoms with van der Waals surface area (Å²) in [6.07, 6.45) is 0. The van der Waals surface area contributed by atoms with E-state index in [-0.39, 0.29) is 23.7 Å². The maximum absolute atomic E-state index is 11.7. The van der Waals surface area contributed by atoms with Gasteiger partial charge in [0.2, 0.25) is 0 Å². The Morgan fingerprint density at radius 3 is 2.44 bits per heavy atom. The number of primary amides is 1. The standard InChI is InChI=1S/C13H16ClNO3/c1-13(2,3)11(16)7-18-10-5-4-8(14)6-9(10)12(15)17/h4-6H,7H2,1-3H3,(H2,15,17). The molecular formula is C13H16ClNO3. The van der Waals surface area contributed by atoms with Crippen LogP contribution in [-0.4, -0.2) is 18.3 Å². The molecule has 1 amide bonds. The molecule has 0 spiro atoms. The smallest absolute Gasteiger partial charge is 0.252 e. The number of halogens is 1. The zero-order valence-electron chi connectivity index (χ0n) is 10.6. The number of amides is 1. The number of Topliss-reactive ketones (excluding diaryl/α,β-unsaturated/α-hetero) is 1. The van der Waals surface area contributed by atoms with Gasteiger partial charge in [-0.2, -0.15) is 0 Å². The summed E-state index contributed by atoms with van der Waals surface area (Å²) in [6.45, 7) is 5.30. The van der Waals surface area contributed by atoms with Crippen molar-refractivity contribution >= 4 is 23.3 Å². The highest BCUT2D eigenvalue weighted by Gasteiger charge is 2.22. The lowest BCUT2D eigenvalue weighted by Gasteiger charge is -2.17. The van der Waals surface area contributed by atoms with Gasteiger partial charge in [0.1, 0.15) is 12.4 Å². The zero-order valence-corrected chi connectivity index (χ0v) is 11.4. The van der Waals surface area contributed by atoms with E-state index in [2.05, 4.69) is 0 Å². The predicted molar refractivity (Wildman–Crippen MR) is 69.9 cm³/mol. The van der Waals surface area contributed by atoms with Crippen molar-refractivity contribution in [2.24, 2.45) is 11.1 Å². The number of rotatable bonds is 4. The van der Waals surface area contributed by atoms with E-state index in [0.717, 1.165) is 0 Å². The summed E-state index contributed by atoms with van der Waals surface area (Å²) in [5.74, 6) is -0.437. The van der Waals surface area contributed by atoms with E-state index >= 15 is 0 Å². The Morgan fingerprint density at radius 1 is 1.33 bits per heavy atom. The van der Waals surface area contributed by atoms with E-state index in [1.54, 1.807) is 26.8 Å². The van der Waals surface area contributed by atoms with Crippen molar-refractivity contribution < 1.29 is 14.3 Å². The van der Waals surface area contributed by atoms with Crippen molar-refractivity contribution in [1.82, 2.24) is 0 Å². The van der Waals surface area contributed by atoms with Gasteiger partial charge in [-0.1, -0.05) is 32.4 Å². The molecule has 1 aromatic carbocycles. The van der Waals surface area contributed by atoms with Crippen LogP contribution in [0, 0.1) is 5.41 Å². The van der Waals surface area contributed by atoms with Crippen LogP contribution in [0.25, 0.3) is 0 Å². The van der Waals surface area contributed by atoms with Crippen molar-refractivity contribution in [3.63, 3.8) is 0 Å². The van der Waals surface area contributed by atoms with Gasteiger partial charge in [0.05, 0.1) is 5.56 Å². The molecule has 0 aromatic heterocycles. The fraction of sp³-hybridized carbons (Fsp3) is 0.385. The fourth-order valence-electron chi connectivity index (χ4n) is 1.18. The number of carbonyl (C=O) groups excluding carboxylic acids is 2. The highest BCUT2D eigenvalue weighted by molar-refractivity contribution is 6.31. The molecule has 4 nitrogen and oxygen atoms in total. The van der Waals surface area contributed by atoms with E-state index in [9.17, 15) is 9.59 Å². The van der Waals surface area contributed by atoms with Gasteiger partial charge in [-0.05, 0) is 18.2 Å². The fourth-order valence-corrected chi connectivity index (χ4v) is 1.35. The highest BCUT2D eigenvalue weighted by atomic mass is 35.5. The minimum absolute atomic E-state index is 0.0622. The van der Waals surface area contributed by atoms with E-state index in [0.29, 0.717) is 5.02 Å². The van der Waals surface area contributed by atoms with Gasteiger partial charge < -0.3 is 10.5 Å². The van der Waals surface area contributed by atoms with Crippen LogP contribution >= 0.6 is 11.6 Å². The summed E-state index contributed by atoms with van der Waals surface area (Å²) in [5.41, 5.74) is 4.90. The number of hydrogen-bond donors (Lipinski definition) is 1. The largest absolute Gasteiger partial charge is 0.485 e. The number of hydrogen-bond acceptors (Lipinski definition) is 3. The van der Waals surface area contributed by atoms with Crippen LogP contribution < -0.4 is 10.5 Å². The van der Waals surface area contributed by atoms with E-state index in [1.165, 1.54) is 12.1 Å². The van der Waals surface area contributed by atoms with Crippen LogP contribution in [0.4, 0.5) is 0 Å².